The molecule has 0 aliphatic carbocycles. The number of amides is 1. The summed E-state index contributed by atoms with van der Waals surface area (Å²) in [5.41, 5.74) is -1.23. The zero-order valence-electron chi connectivity index (χ0n) is 18.1. The lowest BCUT2D eigenvalue weighted by Crippen LogP contribution is -2.62. The van der Waals surface area contributed by atoms with E-state index in [1.54, 1.807) is 4.90 Å². The molecule has 0 radical (unpaired) electrons. The van der Waals surface area contributed by atoms with Gasteiger partial charge in [-0.05, 0) is 26.2 Å². The van der Waals surface area contributed by atoms with Crippen LogP contribution in [0, 0.1) is 17.5 Å². The second kappa shape index (κ2) is 8.42. The van der Waals surface area contributed by atoms with Crippen molar-refractivity contribution in [3.63, 3.8) is 0 Å². The molecule has 34 heavy (non-hydrogen) atoms. The minimum atomic E-state index is -1.05. The number of piperidine rings is 1. The number of hydrogen-bond donors (Lipinski definition) is 1. The number of hydrogen-bond acceptors (Lipinski definition) is 7. The second-order valence-electron chi connectivity index (χ2n) is 8.17. The fourth-order valence-electron chi connectivity index (χ4n) is 4.56. The van der Waals surface area contributed by atoms with Crippen molar-refractivity contribution in [1.29, 1.82) is 0 Å². The summed E-state index contributed by atoms with van der Waals surface area (Å²) in [6, 6.07) is 1.17. The first-order valence-electron chi connectivity index (χ1n) is 10.8. The Hall–Kier alpha value is -3.41. The van der Waals surface area contributed by atoms with Gasteiger partial charge in [-0.1, -0.05) is 11.3 Å². The van der Waals surface area contributed by atoms with Gasteiger partial charge in [0.25, 0.3) is 5.91 Å². The third-order valence-corrected chi connectivity index (χ3v) is 7.14. The van der Waals surface area contributed by atoms with Crippen molar-refractivity contribution in [2.24, 2.45) is 0 Å². The Bertz CT molecular complexity index is 1340. The van der Waals surface area contributed by atoms with Crippen molar-refractivity contribution in [2.45, 2.75) is 38.8 Å². The molecule has 3 aromatic rings. The summed E-state index contributed by atoms with van der Waals surface area (Å²) in [5, 5.41) is 20.9. The number of carbonyl (C=O) groups excluding carboxylic acids is 1. The Morgan fingerprint density at radius 1 is 1.15 bits per heavy atom. The van der Waals surface area contributed by atoms with Crippen molar-refractivity contribution in [3.05, 3.63) is 62.3 Å². The van der Waals surface area contributed by atoms with E-state index in [2.05, 4.69) is 10.2 Å². The highest BCUT2D eigenvalue weighted by Crippen LogP contribution is 2.32. The largest absolute Gasteiger partial charge is 0.502 e. The number of benzene rings is 1. The Morgan fingerprint density at radius 2 is 1.88 bits per heavy atom. The van der Waals surface area contributed by atoms with Crippen LogP contribution in [0.4, 0.5) is 13.2 Å². The number of fused-ring (bicyclic) bond motifs is 3. The van der Waals surface area contributed by atoms with Crippen LogP contribution in [0.25, 0.3) is 10.6 Å². The smallest absolute Gasteiger partial charge is 0.278 e. The summed E-state index contributed by atoms with van der Waals surface area (Å²) in [6.45, 7) is 2.92. The Labute approximate surface area is 195 Å². The van der Waals surface area contributed by atoms with Gasteiger partial charge in [0.2, 0.25) is 5.43 Å². The fourth-order valence-corrected chi connectivity index (χ4v) is 5.42. The van der Waals surface area contributed by atoms with Crippen LogP contribution < -0.4 is 10.4 Å². The van der Waals surface area contributed by atoms with Gasteiger partial charge in [-0.3, -0.25) is 19.3 Å². The van der Waals surface area contributed by atoms with Gasteiger partial charge in [0.1, 0.15) is 28.6 Å². The molecule has 178 valence electrons. The van der Waals surface area contributed by atoms with Crippen LogP contribution in [-0.4, -0.2) is 50.0 Å². The van der Waals surface area contributed by atoms with Crippen molar-refractivity contribution in [3.8, 4) is 16.3 Å². The number of carbonyl (C=O) groups is 1. The molecule has 2 aliphatic heterocycles. The van der Waals surface area contributed by atoms with Crippen LogP contribution in [0.15, 0.2) is 23.1 Å². The van der Waals surface area contributed by atoms with Gasteiger partial charge < -0.3 is 10.0 Å². The number of nitrogens with zero attached hydrogens (tertiary/aromatic N) is 5. The highest BCUT2D eigenvalue weighted by atomic mass is 32.1. The van der Waals surface area contributed by atoms with E-state index in [1.807, 2.05) is 11.9 Å². The minimum Gasteiger partial charge on any atom is -0.502 e. The topological polar surface area (TPSA) is 91.6 Å². The fraction of sp³-hybridized carbons (Fsp3) is 0.364. The minimum absolute atomic E-state index is 0.0205. The molecule has 0 saturated carbocycles. The molecule has 5 rings (SSSR count). The second-order valence-corrected chi connectivity index (χ2v) is 9.23. The molecule has 1 fully saturated rings. The van der Waals surface area contributed by atoms with E-state index < -0.39 is 34.5 Å². The molecule has 1 atom stereocenters. The quantitative estimate of drug-likeness (QED) is 0.604. The van der Waals surface area contributed by atoms with Crippen molar-refractivity contribution < 1.29 is 23.1 Å². The van der Waals surface area contributed by atoms with Crippen LogP contribution in [0.1, 0.15) is 47.2 Å². The molecule has 1 amide bonds. The third kappa shape index (κ3) is 3.52. The van der Waals surface area contributed by atoms with E-state index in [9.17, 15) is 27.9 Å². The molecule has 1 aromatic carbocycles. The zero-order chi connectivity index (χ0) is 24.1. The van der Waals surface area contributed by atoms with E-state index in [1.165, 1.54) is 10.9 Å². The van der Waals surface area contributed by atoms with Crippen LogP contribution >= 0.6 is 11.3 Å². The molecule has 2 aliphatic rings. The van der Waals surface area contributed by atoms with Crippen molar-refractivity contribution in [1.82, 2.24) is 19.8 Å². The maximum absolute atomic E-state index is 14.0. The molecule has 0 bridgehead atoms. The van der Waals surface area contributed by atoms with E-state index >= 15 is 0 Å². The van der Waals surface area contributed by atoms with Crippen LogP contribution in [0.3, 0.4) is 0 Å². The Kier molecular flexibility index (Phi) is 5.54. The van der Waals surface area contributed by atoms with Gasteiger partial charge in [0.05, 0.1) is 5.56 Å². The summed E-state index contributed by atoms with van der Waals surface area (Å²) in [6.07, 6.45) is 3.59. The summed E-state index contributed by atoms with van der Waals surface area (Å²) >= 11 is 0.924. The van der Waals surface area contributed by atoms with Gasteiger partial charge in [0.15, 0.2) is 16.5 Å². The summed E-state index contributed by atoms with van der Waals surface area (Å²) in [7, 11) is 0. The third-order valence-electron chi connectivity index (χ3n) is 6.18. The molecule has 12 heteroatoms. The maximum Gasteiger partial charge on any atom is 0.278 e. The lowest BCUT2D eigenvalue weighted by atomic mass is 10.1. The van der Waals surface area contributed by atoms with Crippen molar-refractivity contribution >= 4 is 17.2 Å². The number of pyridine rings is 1. The lowest BCUT2D eigenvalue weighted by molar-refractivity contribution is 0.0536. The average Bonchev–Trinajstić information content (AvgIpc) is 3.27. The SMILES string of the molecule is CCN1C(=O)c2c(O)c(=O)c(-c3nnc(Cc4c(F)cc(F)cc4F)s3)cn2N2CCCC[C@H]12. The molecule has 2 aromatic heterocycles. The average molecular weight is 491 g/mol. The first-order valence-corrected chi connectivity index (χ1v) is 11.6. The normalized spacial score (nSPS) is 17.6. The van der Waals surface area contributed by atoms with Crippen molar-refractivity contribution in [2.75, 3.05) is 18.1 Å². The Balaban J connectivity index is 1.56. The monoisotopic (exact) mass is 491 g/mol. The van der Waals surface area contributed by atoms with E-state index in [-0.39, 0.29) is 39.4 Å². The van der Waals surface area contributed by atoms with E-state index in [0.29, 0.717) is 25.2 Å². The van der Waals surface area contributed by atoms with Gasteiger partial charge in [-0.15, -0.1) is 10.2 Å². The first kappa shape index (κ1) is 22.4. The zero-order valence-corrected chi connectivity index (χ0v) is 18.9. The standard InChI is InChI=1S/C22H20F3N5O3S/c1-2-28-17-5-3-4-6-29(17)30-10-13(19(31)20(32)18(30)22(28)33)21-27-26-16(34-21)9-12-14(24)7-11(23)8-15(12)25/h7-8,10,17,32H,2-6,9H2,1H3/t17-/m1/s1. The summed E-state index contributed by atoms with van der Waals surface area (Å²) in [5.74, 6) is -4.22. The highest BCUT2D eigenvalue weighted by Gasteiger charge is 2.40. The summed E-state index contributed by atoms with van der Waals surface area (Å²) in [4.78, 5) is 27.7. The Morgan fingerprint density at radius 3 is 2.59 bits per heavy atom. The lowest BCUT2D eigenvalue weighted by Gasteiger charge is -2.48. The molecule has 4 heterocycles. The molecule has 0 spiro atoms. The number of halogens is 3. The molecule has 0 unspecified atom stereocenters. The van der Waals surface area contributed by atoms with Crippen LogP contribution in [0.5, 0.6) is 5.75 Å². The van der Waals surface area contributed by atoms with Gasteiger partial charge in [0, 0.05) is 43.4 Å². The number of rotatable bonds is 4. The number of aromatic hydroxyl groups is 1. The molecule has 1 saturated heterocycles. The highest BCUT2D eigenvalue weighted by molar-refractivity contribution is 7.14. The molecular formula is C22H20F3N5O3S. The predicted octanol–water partition coefficient (Wildman–Crippen LogP) is 3.00. The molecule has 8 nitrogen and oxygen atoms in total. The predicted molar refractivity (Wildman–Crippen MR) is 118 cm³/mol. The van der Waals surface area contributed by atoms with Crippen LogP contribution in [0.2, 0.25) is 0 Å². The van der Waals surface area contributed by atoms with E-state index in [0.717, 1.165) is 30.6 Å². The molecule has 1 N–H and O–H groups in total. The number of aromatic nitrogens is 3. The van der Waals surface area contributed by atoms with E-state index in [4.69, 9.17) is 0 Å². The van der Waals surface area contributed by atoms with Gasteiger partial charge in [-0.25, -0.2) is 13.2 Å². The maximum atomic E-state index is 14.0. The first-order chi connectivity index (χ1) is 16.3. The van der Waals surface area contributed by atoms with Gasteiger partial charge >= 0.3 is 0 Å². The molecular weight excluding hydrogens is 471 g/mol. The van der Waals surface area contributed by atoms with Gasteiger partial charge in [-0.2, -0.15) is 0 Å². The summed E-state index contributed by atoms with van der Waals surface area (Å²) < 4.78 is 42.8. The van der Waals surface area contributed by atoms with Crippen LogP contribution in [-0.2, 0) is 6.42 Å².